The lowest BCUT2D eigenvalue weighted by Crippen LogP contribution is -2.27. The number of rotatable bonds is 6. The predicted molar refractivity (Wildman–Crippen MR) is 98.9 cm³/mol. The van der Waals surface area contributed by atoms with Crippen LogP contribution in [-0.4, -0.2) is 17.0 Å². The molecule has 3 rings (SSSR count). The summed E-state index contributed by atoms with van der Waals surface area (Å²) in [6, 6.07) is 13.5. The normalized spacial score (nSPS) is 15.4. The van der Waals surface area contributed by atoms with Gasteiger partial charge in [-0.25, -0.2) is 4.79 Å². The number of nitrogens with one attached hydrogen (secondary N) is 1. The number of carbonyl (C=O) groups excluding carboxylic acids is 1. The molecule has 0 unspecified atom stereocenters. The Hall–Kier alpha value is -2.62. The molecule has 0 aromatic heterocycles. The van der Waals surface area contributed by atoms with E-state index in [1.165, 1.54) is 31.8 Å². The van der Waals surface area contributed by atoms with Gasteiger partial charge in [-0.05, 0) is 34.8 Å². The number of benzene rings is 2. The van der Waals surface area contributed by atoms with Crippen LogP contribution in [-0.2, 0) is 9.59 Å². The van der Waals surface area contributed by atoms with Gasteiger partial charge in [-0.3, -0.25) is 4.79 Å². The van der Waals surface area contributed by atoms with E-state index in [1.807, 2.05) is 42.5 Å². The molecular formula is C21H23NO3. The van der Waals surface area contributed by atoms with Gasteiger partial charge >= 0.3 is 5.97 Å². The topological polar surface area (TPSA) is 66.4 Å². The fraction of sp³-hybridized carbons (Fsp3) is 0.333. The van der Waals surface area contributed by atoms with E-state index in [4.69, 9.17) is 0 Å². The highest BCUT2D eigenvalue weighted by Gasteiger charge is 2.18. The molecule has 1 aliphatic carbocycles. The Labute approximate surface area is 147 Å². The summed E-state index contributed by atoms with van der Waals surface area (Å²) < 4.78 is 0. The number of carboxylic acids is 1. The second-order valence-electron chi connectivity index (χ2n) is 6.67. The highest BCUT2D eigenvalue weighted by atomic mass is 16.4. The van der Waals surface area contributed by atoms with Gasteiger partial charge < -0.3 is 10.4 Å². The average Bonchev–Trinajstić information content (AvgIpc) is 3.13. The Morgan fingerprint density at radius 1 is 1.08 bits per heavy atom. The quantitative estimate of drug-likeness (QED) is 0.770. The molecule has 1 amide bonds. The van der Waals surface area contributed by atoms with Crippen molar-refractivity contribution in [3.63, 3.8) is 0 Å². The van der Waals surface area contributed by atoms with Crippen LogP contribution in [0.25, 0.3) is 16.8 Å². The number of carbonyl (C=O) groups is 2. The molecule has 0 heterocycles. The van der Waals surface area contributed by atoms with Crippen LogP contribution in [0.3, 0.4) is 0 Å². The smallest absolute Gasteiger partial charge is 0.352 e. The summed E-state index contributed by atoms with van der Waals surface area (Å²) in [6.45, 7) is 0. The summed E-state index contributed by atoms with van der Waals surface area (Å²) >= 11 is 0. The molecule has 2 aromatic rings. The van der Waals surface area contributed by atoms with Gasteiger partial charge in [-0.2, -0.15) is 0 Å². The zero-order valence-corrected chi connectivity index (χ0v) is 14.2. The van der Waals surface area contributed by atoms with Gasteiger partial charge in [0.15, 0.2) is 0 Å². The first kappa shape index (κ1) is 17.2. The standard InChI is InChI=1S/C21H23NO3/c23-20(13-12-15-6-1-2-7-15)22-19(21(24)25)14-17-10-5-9-16-8-3-4-11-18(16)17/h3-5,8-11,14-15H,1-2,6-7,12-13H2,(H,22,23)(H,24,25)/b19-14-. The van der Waals surface area contributed by atoms with Gasteiger partial charge in [0.25, 0.3) is 0 Å². The zero-order valence-electron chi connectivity index (χ0n) is 14.2. The maximum absolute atomic E-state index is 12.2. The molecule has 4 heteroatoms. The number of aliphatic carboxylic acids is 1. The van der Waals surface area contributed by atoms with Crippen molar-refractivity contribution in [2.45, 2.75) is 38.5 Å². The number of carboxylic acid groups (broad SMARTS) is 1. The third-order valence-electron chi connectivity index (χ3n) is 4.88. The Morgan fingerprint density at radius 2 is 1.80 bits per heavy atom. The molecule has 25 heavy (non-hydrogen) atoms. The summed E-state index contributed by atoms with van der Waals surface area (Å²) in [4.78, 5) is 23.7. The van der Waals surface area contributed by atoms with E-state index >= 15 is 0 Å². The summed E-state index contributed by atoms with van der Waals surface area (Å²) in [5.74, 6) is -0.732. The molecular weight excluding hydrogens is 314 g/mol. The van der Waals surface area contributed by atoms with Crippen molar-refractivity contribution in [2.24, 2.45) is 5.92 Å². The number of hydrogen-bond donors (Lipinski definition) is 2. The highest BCUT2D eigenvalue weighted by molar-refractivity contribution is 6.00. The van der Waals surface area contributed by atoms with Gasteiger partial charge in [0, 0.05) is 6.42 Å². The lowest BCUT2D eigenvalue weighted by molar-refractivity contribution is -0.134. The fourth-order valence-corrected chi connectivity index (χ4v) is 3.53. The average molecular weight is 337 g/mol. The number of hydrogen-bond acceptors (Lipinski definition) is 2. The maximum Gasteiger partial charge on any atom is 0.352 e. The summed E-state index contributed by atoms with van der Waals surface area (Å²) in [7, 11) is 0. The van der Waals surface area contributed by atoms with E-state index in [0.29, 0.717) is 12.3 Å². The monoisotopic (exact) mass is 337 g/mol. The molecule has 0 aliphatic heterocycles. The van der Waals surface area contributed by atoms with Gasteiger partial charge in [0.2, 0.25) is 5.91 Å². The molecule has 1 saturated carbocycles. The van der Waals surface area contributed by atoms with Crippen LogP contribution in [0.1, 0.15) is 44.1 Å². The van der Waals surface area contributed by atoms with Crippen molar-refractivity contribution >= 4 is 28.7 Å². The minimum Gasteiger partial charge on any atom is -0.477 e. The summed E-state index contributed by atoms with van der Waals surface area (Å²) in [5, 5.41) is 14.0. The molecule has 1 aliphatic rings. The fourth-order valence-electron chi connectivity index (χ4n) is 3.53. The lowest BCUT2D eigenvalue weighted by atomic mass is 10.0. The van der Waals surface area contributed by atoms with Crippen LogP contribution in [0.4, 0.5) is 0 Å². The first-order valence-electron chi connectivity index (χ1n) is 8.86. The Bertz CT molecular complexity index is 798. The van der Waals surface area contributed by atoms with E-state index in [1.54, 1.807) is 0 Å². The lowest BCUT2D eigenvalue weighted by Gasteiger charge is -2.10. The second kappa shape index (κ2) is 7.97. The predicted octanol–water partition coefficient (Wildman–Crippen LogP) is 4.35. The number of fused-ring (bicyclic) bond motifs is 1. The van der Waals surface area contributed by atoms with Crippen molar-refractivity contribution < 1.29 is 14.7 Å². The Kier molecular flexibility index (Phi) is 5.49. The molecule has 130 valence electrons. The first-order valence-corrected chi connectivity index (χ1v) is 8.86. The third-order valence-corrected chi connectivity index (χ3v) is 4.88. The molecule has 1 fully saturated rings. The third kappa shape index (κ3) is 4.47. The summed E-state index contributed by atoms with van der Waals surface area (Å²) in [6.07, 6.45) is 7.62. The van der Waals surface area contributed by atoms with E-state index in [-0.39, 0.29) is 11.6 Å². The van der Waals surface area contributed by atoms with E-state index in [0.717, 1.165) is 22.8 Å². The second-order valence-corrected chi connectivity index (χ2v) is 6.67. The SMILES string of the molecule is O=C(CCC1CCCC1)N/C(=C\c1cccc2ccccc12)C(=O)O. The van der Waals surface area contributed by atoms with E-state index < -0.39 is 5.97 Å². The molecule has 0 spiro atoms. The molecule has 0 saturated heterocycles. The van der Waals surface area contributed by atoms with Crippen molar-refractivity contribution in [2.75, 3.05) is 0 Å². The molecule has 2 N–H and O–H groups in total. The Balaban J connectivity index is 1.74. The van der Waals surface area contributed by atoms with Gasteiger partial charge in [0.1, 0.15) is 5.70 Å². The highest BCUT2D eigenvalue weighted by Crippen LogP contribution is 2.28. The van der Waals surface area contributed by atoms with Crippen molar-refractivity contribution in [3.8, 4) is 0 Å². The molecule has 4 nitrogen and oxygen atoms in total. The zero-order chi connectivity index (χ0) is 17.6. The molecule has 0 bridgehead atoms. The molecule has 0 radical (unpaired) electrons. The van der Waals surface area contributed by atoms with Crippen LogP contribution < -0.4 is 5.32 Å². The first-order chi connectivity index (χ1) is 12.1. The number of amides is 1. The molecule has 0 atom stereocenters. The Morgan fingerprint density at radius 3 is 2.56 bits per heavy atom. The molecule has 2 aromatic carbocycles. The van der Waals surface area contributed by atoms with Crippen LogP contribution in [0.15, 0.2) is 48.2 Å². The largest absolute Gasteiger partial charge is 0.477 e. The summed E-state index contributed by atoms with van der Waals surface area (Å²) in [5.41, 5.74) is 0.708. The van der Waals surface area contributed by atoms with E-state index in [2.05, 4.69) is 5.32 Å². The van der Waals surface area contributed by atoms with Crippen molar-refractivity contribution in [1.82, 2.24) is 5.32 Å². The maximum atomic E-state index is 12.2. The van der Waals surface area contributed by atoms with Gasteiger partial charge in [0.05, 0.1) is 0 Å². The minimum absolute atomic E-state index is 0.0761. The van der Waals surface area contributed by atoms with Crippen molar-refractivity contribution in [1.29, 1.82) is 0 Å². The van der Waals surface area contributed by atoms with Gasteiger partial charge in [-0.1, -0.05) is 68.1 Å². The van der Waals surface area contributed by atoms with Crippen LogP contribution >= 0.6 is 0 Å². The van der Waals surface area contributed by atoms with Gasteiger partial charge in [-0.15, -0.1) is 0 Å². The van der Waals surface area contributed by atoms with Crippen LogP contribution in [0, 0.1) is 5.92 Å². The van der Waals surface area contributed by atoms with Crippen LogP contribution in [0.5, 0.6) is 0 Å². The van der Waals surface area contributed by atoms with Crippen LogP contribution in [0.2, 0.25) is 0 Å². The van der Waals surface area contributed by atoms with Crippen molar-refractivity contribution in [3.05, 3.63) is 53.7 Å². The van der Waals surface area contributed by atoms with E-state index in [9.17, 15) is 14.7 Å². The minimum atomic E-state index is -1.12.